The number of aryl methyl sites for hydroxylation is 1. The van der Waals surface area contributed by atoms with E-state index >= 15 is 0 Å². The van der Waals surface area contributed by atoms with Crippen molar-refractivity contribution in [1.82, 2.24) is 15.1 Å². The van der Waals surface area contributed by atoms with Crippen LogP contribution in [-0.2, 0) is 13.1 Å². The molecule has 0 aliphatic heterocycles. The number of rotatable bonds is 6. The highest BCUT2D eigenvalue weighted by Gasteiger charge is 2.13. The molecule has 23 heavy (non-hydrogen) atoms. The van der Waals surface area contributed by atoms with Gasteiger partial charge in [0.25, 0.3) is 0 Å². The van der Waals surface area contributed by atoms with Crippen molar-refractivity contribution in [3.05, 3.63) is 52.1 Å². The fourth-order valence-corrected chi connectivity index (χ4v) is 2.62. The Morgan fingerprint density at radius 3 is 2.61 bits per heavy atom. The Bertz CT molecular complexity index is 723. The fourth-order valence-electron chi connectivity index (χ4n) is 2.62. The van der Waals surface area contributed by atoms with Crippen LogP contribution in [0.3, 0.4) is 0 Å². The van der Waals surface area contributed by atoms with Gasteiger partial charge in [-0.25, -0.2) is 9.18 Å². The van der Waals surface area contributed by atoms with Crippen molar-refractivity contribution in [3.63, 3.8) is 0 Å². The van der Waals surface area contributed by atoms with Crippen molar-refractivity contribution in [3.8, 4) is 0 Å². The van der Waals surface area contributed by atoms with Crippen LogP contribution in [0.25, 0.3) is 0 Å². The zero-order valence-electron chi connectivity index (χ0n) is 13.9. The summed E-state index contributed by atoms with van der Waals surface area (Å²) in [6.45, 7) is 8.93. The summed E-state index contributed by atoms with van der Waals surface area (Å²) in [7, 11) is 0. The molecule has 0 saturated carbocycles. The Hall–Kier alpha value is -2.21. The van der Waals surface area contributed by atoms with E-state index in [1.165, 1.54) is 18.2 Å². The summed E-state index contributed by atoms with van der Waals surface area (Å²) in [4.78, 5) is 11.0. The summed E-state index contributed by atoms with van der Waals surface area (Å²) in [5.74, 6) is -1.47. The number of aromatic carboxylic acids is 1. The SMILES string of the molecule is Cc1nn(C(C)C)c(C)c1CNCc1cc(C(=O)O)ccc1F. The van der Waals surface area contributed by atoms with E-state index in [0.717, 1.165) is 17.0 Å². The van der Waals surface area contributed by atoms with E-state index in [1.807, 2.05) is 18.5 Å². The van der Waals surface area contributed by atoms with Crippen LogP contribution in [0.4, 0.5) is 4.39 Å². The average Bonchev–Trinajstić information content (AvgIpc) is 2.76. The molecule has 6 heteroatoms. The molecule has 0 spiro atoms. The predicted octanol–water partition coefficient (Wildman–Crippen LogP) is 3.21. The molecule has 0 fully saturated rings. The van der Waals surface area contributed by atoms with Gasteiger partial charge in [-0.3, -0.25) is 4.68 Å². The van der Waals surface area contributed by atoms with E-state index in [-0.39, 0.29) is 18.2 Å². The van der Waals surface area contributed by atoms with Crippen molar-refractivity contribution < 1.29 is 14.3 Å². The number of nitrogens with zero attached hydrogens (tertiary/aromatic N) is 2. The second kappa shape index (κ2) is 6.91. The standard InChI is InChI=1S/C17H22FN3O2/c1-10(2)21-12(4)15(11(3)20-21)9-19-8-14-7-13(17(22)23)5-6-16(14)18/h5-7,10,19H,8-9H2,1-4H3,(H,22,23). The third-order valence-electron chi connectivity index (χ3n) is 3.87. The van der Waals surface area contributed by atoms with Gasteiger partial charge in [-0.2, -0.15) is 5.10 Å². The molecule has 2 aromatic rings. The number of benzene rings is 1. The van der Waals surface area contributed by atoms with Crippen molar-refractivity contribution >= 4 is 5.97 Å². The maximum Gasteiger partial charge on any atom is 0.335 e. The van der Waals surface area contributed by atoms with Gasteiger partial charge in [0.05, 0.1) is 11.3 Å². The number of carboxylic acids is 1. The Labute approximate surface area is 135 Å². The number of nitrogens with one attached hydrogen (secondary N) is 1. The topological polar surface area (TPSA) is 67.2 Å². The Morgan fingerprint density at radius 2 is 2.04 bits per heavy atom. The summed E-state index contributed by atoms with van der Waals surface area (Å²) in [5.41, 5.74) is 3.56. The van der Waals surface area contributed by atoms with Gasteiger partial charge in [0, 0.05) is 36.0 Å². The predicted molar refractivity (Wildman–Crippen MR) is 86.0 cm³/mol. The quantitative estimate of drug-likeness (QED) is 0.858. The van der Waals surface area contributed by atoms with Crippen LogP contribution in [0.5, 0.6) is 0 Å². The molecule has 2 rings (SSSR count). The zero-order valence-corrected chi connectivity index (χ0v) is 13.9. The summed E-state index contributed by atoms with van der Waals surface area (Å²) < 4.78 is 15.7. The normalized spacial score (nSPS) is 11.2. The molecule has 1 heterocycles. The van der Waals surface area contributed by atoms with Gasteiger partial charge in [-0.1, -0.05) is 0 Å². The van der Waals surface area contributed by atoms with Crippen molar-refractivity contribution in [1.29, 1.82) is 0 Å². The number of carboxylic acid groups (broad SMARTS) is 1. The lowest BCUT2D eigenvalue weighted by atomic mass is 10.1. The minimum atomic E-state index is -1.06. The monoisotopic (exact) mass is 319 g/mol. The minimum absolute atomic E-state index is 0.0863. The summed E-state index contributed by atoms with van der Waals surface area (Å²) in [6, 6.07) is 4.10. The fraction of sp³-hybridized carbons (Fsp3) is 0.412. The lowest BCUT2D eigenvalue weighted by Crippen LogP contribution is -2.15. The number of hydrogen-bond acceptors (Lipinski definition) is 3. The maximum atomic E-state index is 13.8. The van der Waals surface area contributed by atoms with Gasteiger partial charge >= 0.3 is 5.97 Å². The molecule has 124 valence electrons. The summed E-state index contributed by atoms with van der Waals surface area (Å²) >= 11 is 0. The lowest BCUT2D eigenvalue weighted by Gasteiger charge is -2.10. The largest absolute Gasteiger partial charge is 0.478 e. The molecule has 0 amide bonds. The van der Waals surface area contributed by atoms with Crippen LogP contribution in [0, 0.1) is 19.7 Å². The first-order chi connectivity index (χ1) is 10.8. The highest BCUT2D eigenvalue weighted by atomic mass is 19.1. The van der Waals surface area contributed by atoms with Crippen LogP contribution >= 0.6 is 0 Å². The second-order valence-corrected chi connectivity index (χ2v) is 5.90. The Morgan fingerprint density at radius 1 is 1.35 bits per heavy atom. The second-order valence-electron chi connectivity index (χ2n) is 5.90. The van der Waals surface area contributed by atoms with E-state index in [1.54, 1.807) is 0 Å². The smallest absolute Gasteiger partial charge is 0.335 e. The van der Waals surface area contributed by atoms with Crippen LogP contribution in [0.15, 0.2) is 18.2 Å². The van der Waals surface area contributed by atoms with Gasteiger partial charge in [0.15, 0.2) is 0 Å². The van der Waals surface area contributed by atoms with Gasteiger partial charge in [-0.15, -0.1) is 0 Å². The van der Waals surface area contributed by atoms with Gasteiger partial charge < -0.3 is 10.4 Å². The third kappa shape index (κ3) is 3.76. The molecule has 0 bridgehead atoms. The molecule has 0 radical (unpaired) electrons. The lowest BCUT2D eigenvalue weighted by molar-refractivity contribution is 0.0696. The molecule has 2 N–H and O–H groups in total. The van der Waals surface area contributed by atoms with Gasteiger partial charge in [0.2, 0.25) is 0 Å². The third-order valence-corrected chi connectivity index (χ3v) is 3.87. The molecule has 0 atom stereocenters. The molecule has 1 aromatic carbocycles. The molecule has 0 aliphatic rings. The van der Waals surface area contributed by atoms with Gasteiger partial charge in [-0.05, 0) is 45.9 Å². The van der Waals surface area contributed by atoms with Crippen LogP contribution in [-0.4, -0.2) is 20.9 Å². The molecule has 1 aromatic heterocycles. The molecular weight excluding hydrogens is 297 g/mol. The molecule has 0 aliphatic carbocycles. The van der Waals surface area contributed by atoms with Crippen LogP contribution in [0.1, 0.15) is 52.8 Å². The molecule has 5 nitrogen and oxygen atoms in total. The first kappa shape index (κ1) is 17.1. The minimum Gasteiger partial charge on any atom is -0.478 e. The summed E-state index contributed by atoms with van der Waals surface area (Å²) in [5, 5.41) is 16.7. The van der Waals surface area contributed by atoms with E-state index in [4.69, 9.17) is 5.11 Å². The maximum absolute atomic E-state index is 13.8. The first-order valence-corrected chi connectivity index (χ1v) is 7.58. The average molecular weight is 319 g/mol. The number of halogens is 1. The first-order valence-electron chi connectivity index (χ1n) is 7.58. The summed E-state index contributed by atoms with van der Waals surface area (Å²) in [6.07, 6.45) is 0. The van der Waals surface area contributed by atoms with E-state index in [0.29, 0.717) is 12.1 Å². The van der Waals surface area contributed by atoms with Crippen LogP contribution < -0.4 is 5.32 Å². The highest BCUT2D eigenvalue weighted by molar-refractivity contribution is 5.87. The van der Waals surface area contributed by atoms with E-state index in [9.17, 15) is 9.18 Å². The van der Waals surface area contributed by atoms with Crippen molar-refractivity contribution in [2.75, 3.05) is 0 Å². The number of hydrogen-bond donors (Lipinski definition) is 2. The molecule has 0 unspecified atom stereocenters. The van der Waals surface area contributed by atoms with Crippen LogP contribution in [0.2, 0.25) is 0 Å². The number of carbonyl (C=O) groups is 1. The van der Waals surface area contributed by atoms with Crippen molar-refractivity contribution in [2.24, 2.45) is 0 Å². The van der Waals surface area contributed by atoms with E-state index < -0.39 is 11.8 Å². The number of aromatic nitrogens is 2. The molecular formula is C17H22FN3O2. The van der Waals surface area contributed by atoms with E-state index in [2.05, 4.69) is 24.3 Å². The van der Waals surface area contributed by atoms with Crippen molar-refractivity contribution in [2.45, 2.75) is 46.8 Å². The Balaban J connectivity index is 2.09. The van der Waals surface area contributed by atoms with Gasteiger partial charge in [0.1, 0.15) is 5.82 Å². The Kier molecular flexibility index (Phi) is 5.15. The molecule has 0 saturated heterocycles. The zero-order chi connectivity index (χ0) is 17.1. The highest BCUT2D eigenvalue weighted by Crippen LogP contribution is 2.17.